The number of para-hydroxylation sites is 1. The minimum Gasteiger partial charge on any atom is -0.385 e. The standard InChI is InChI=1S/C27H33N3O3S/c1-21-10-7-8-13-24(21)28-27(32)29(15-9-16-33-3)20-26(31)30(18-23-11-5-4-6-12-23)19-25-22(2)14-17-34-25/h4-8,10-14,17H,9,15-16,18-20H2,1-3H3,(H,28,32). The second-order valence-corrected chi connectivity index (χ2v) is 9.28. The van der Waals surface area contributed by atoms with Crippen LogP contribution >= 0.6 is 11.3 Å². The summed E-state index contributed by atoms with van der Waals surface area (Å²) in [6.45, 7) is 5.95. The predicted molar refractivity (Wildman–Crippen MR) is 138 cm³/mol. The summed E-state index contributed by atoms with van der Waals surface area (Å²) in [5, 5.41) is 5.01. The monoisotopic (exact) mass is 479 g/mol. The van der Waals surface area contributed by atoms with Crippen LogP contribution in [0.2, 0.25) is 0 Å². The third-order valence-corrected chi connectivity index (χ3v) is 6.66. The van der Waals surface area contributed by atoms with Crippen LogP contribution < -0.4 is 5.32 Å². The van der Waals surface area contributed by atoms with Gasteiger partial charge in [0.05, 0.1) is 6.54 Å². The molecule has 34 heavy (non-hydrogen) atoms. The molecule has 1 N–H and O–H groups in total. The Morgan fingerprint density at radius 2 is 1.65 bits per heavy atom. The quantitative estimate of drug-likeness (QED) is 0.371. The van der Waals surface area contributed by atoms with E-state index in [2.05, 4.69) is 18.3 Å². The van der Waals surface area contributed by atoms with Gasteiger partial charge in [-0.15, -0.1) is 11.3 Å². The van der Waals surface area contributed by atoms with Gasteiger partial charge in [-0.3, -0.25) is 4.79 Å². The molecule has 6 nitrogen and oxygen atoms in total. The first-order valence-electron chi connectivity index (χ1n) is 11.4. The second-order valence-electron chi connectivity index (χ2n) is 8.28. The van der Waals surface area contributed by atoms with E-state index in [1.165, 1.54) is 5.56 Å². The Bertz CT molecular complexity index is 1070. The number of nitrogens with one attached hydrogen (secondary N) is 1. The molecule has 3 rings (SSSR count). The summed E-state index contributed by atoms with van der Waals surface area (Å²) in [5.74, 6) is -0.0889. The Balaban J connectivity index is 1.77. The first kappa shape index (κ1) is 25.5. The van der Waals surface area contributed by atoms with Crippen LogP contribution in [0.25, 0.3) is 0 Å². The number of rotatable bonds is 11. The third kappa shape index (κ3) is 7.43. The van der Waals surface area contributed by atoms with Crippen molar-refractivity contribution in [2.75, 3.05) is 32.1 Å². The van der Waals surface area contributed by atoms with E-state index in [9.17, 15) is 9.59 Å². The molecular weight excluding hydrogens is 446 g/mol. The molecule has 0 unspecified atom stereocenters. The van der Waals surface area contributed by atoms with Crippen LogP contribution in [-0.4, -0.2) is 48.5 Å². The maximum Gasteiger partial charge on any atom is 0.322 e. The number of nitrogens with zero attached hydrogens (tertiary/aromatic N) is 2. The van der Waals surface area contributed by atoms with Crippen molar-refractivity contribution in [3.63, 3.8) is 0 Å². The Morgan fingerprint density at radius 1 is 0.912 bits per heavy atom. The lowest BCUT2D eigenvalue weighted by atomic mass is 10.2. The number of ether oxygens (including phenoxy) is 1. The molecule has 0 saturated carbocycles. The highest BCUT2D eigenvalue weighted by atomic mass is 32.1. The summed E-state index contributed by atoms with van der Waals surface area (Å²) in [6.07, 6.45) is 0.647. The molecule has 1 heterocycles. The van der Waals surface area contributed by atoms with Gasteiger partial charge in [0.15, 0.2) is 0 Å². The van der Waals surface area contributed by atoms with Crippen molar-refractivity contribution in [3.05, 3.63) is 87.6 Å². The van der Waals surface area contributed by atoms with Crippen LogP contribution in [0.4, 0.5) is 10.5 Å². The van der Waals surface area contributed by atoms with Crippen LogP contribution in [0.1, 0.15) is 28.0 Å². The highest BCUT2D eigenvalue weighted by Gasteiger charge is 2.23. The number of amides is 3. The lowest BCUT2D eigenvalue weighted by molar-refractivity contribution is -0.133. The van der Waals surface area contributed by atoms with Gasteiger partial charge in [0.25, 0.3) is 0 Å². The van der Waals surface area contributed by atoms with Crippen molar-refractivity contribution in [1.82, 2.24) is 9.80 Å². The molecule has 0 radical (unpaired) electrons. The van der Waals surface area contributed by atoms with E-state index >= 15 is 0 Å². The van der Waals surface area contributed by atoms with Gasteiger partial charge in [-0.1, -0.05) is 48.5 Å². The van der Waals surface area contributed by atoms with Gasteiger partial charge in [-0.25, -0.2) is 4.79 Å². The van der Waals surface area contributed by atoms with Gasteiger partial charge >= 0.3 is 6.03 Å². The number of hydrogen-bond acceptors (Lipinski definition) is 4. The summed E-state index contributed by atoms with van der Waals surface area (Å²) < 4.78 is 5.17. The van der Waals surface area contributed by atoms with Crippen molar-refractivity contribution < 1.29 is 14.3 Å². The van der Waals surface area contributed by atoms with Crippen LogP contribution in [0.5, 0.6) is 0 Å². The van der Waals surface area contributed by atoms with Gasteiger partial charge in [0.2, 0.25) is 5.91 Å². The maximum absolute atomic E-state index is 13.5. The fraction of sp³-hybridized carbons (Fsp3) is 0.333. The normalized spacial score (nSPS) is 10.7. The molecule has 7 heteroatoms. The number of anilines is 1. The average molecular weight is 480 g/mol. The van der Waals surface area contributed by atoms with Crippen molar-refractivity contribution in [1.29, 1.82) is 0 Å². The summed E-state index contributed by atoms with van der Waals surface area (Å²) in [5.41, 5.74) is 3.94. The second kappa shape index (κ2) is 12.9. The number of hydrogen-bond donors (Lipinski definition) is 1. The van der Waals surface area contributed by atoms with Gasteiger partial charge in [-0.05, 0) is 54.5 Å². The molecule has 3 aromatic rings. The molecule has 180 valence electrons. The van der Waals surface area contributed by atoms with E-state index in [-0.39, 0.29) is 18.5 Å². The summed E-state index contributed by atoms with van der Waals surface area (Å²) in [6, 6.07) is 19.3. The topological polar surface area (TPSA) is 61.9 Å². The molecule has 2 aromatic carbocycles. The Morgan fingerprint density at radius 3 is 2.32 bits per heavy atom. The molecule has 3 amide bonds. The predicted octanol–water partition coefficient (Wildman–Crippen LogP) is 5.46. The molecule has 0 bridgehead atoms. The number of benzene rings is 2. The number of carbonyl (C=O) groups is 2. The zero-order chi connectivity index (χ0) is 24.3. The number of carbonyl (C=O) groups excluding carboxylic acids is 2. The Labute approximate surface area is 206 Å². The van der Waals surface area contributed by atoms with Crippen molar-refractivity contribution in [3.8, 4) is 0 Å². The zero-order valence-corrected chi connectivity index (χ0v) is 20.9. The zero-order valence-electron chi connectivity index (χ0n) is 20.1. The van der Waals surface area contributed by atoms with Gasteiger partial charge < -0.3 is 19.9 Å². The molecule has 0 aliphatic rings. The smallest absolute Gasteiger partial charge is 0.322 e. The van der Waals surface area contributed by atoms with Crippen LogP contribution in [0.3, 0.4) is 0 Å². The number of aryl methyl sites for hydroxylation is 2. The van der Waals surface area contributed by atoms with Crippen molar-refractivity contribution in [2.24, 2.45) is 0 Å². The molecule has 0 spiro atoms. The number of methoxy groups -OCH3 is 1. The van der Waals surface area contributed by atoms with Crippen LogP contribution in [0, 0.1) is 13.8 Å². The van der Waals surface area contributed by atoms with Gasteiger partial charge in [0.1, 0.15) is 6.54 Å². The average Bonchev–Trinajstić information content (AvgIpc) is 3.24. The van der Waals surface area contributed by atoms with Crippen molar-refractivity contribution in [2.45, 2.75) is 33.4 Å². The van der Waals surface area contributed by atoms with E-state index in [1.807, 2.05) is 71.8 Å². The molecule has 0 saturated heterocycles. The van der Waals surface area contributed by atoms with Crippen LogP contribution in [-0.2, 0) is 22.6 Å². The molecule has 1 aromatic heterocycles. The van der Waals surface area contributed by atoms with E-state index < -0.39 is 0 Å². The first-order chi connectivity index (χ1) is 16.5. The minimum atomic E-state index is -0.286. The van der Waals surface area contributed by atoms with E-state index in [0.717, 1.165) is 21.7 Å². The molecular formula is C27H33N3O3S. The largest absolute Gasteiger partial charge is 0.385 e. The summed E-state index contributed by atoms with van der Waals surface area (Å²) in [4.78, 5) is 31.2. The number of thiophene rings is 1. The highest BCUT2D eigenvalue weighted by molar-refractivity contribution is 7.10. The molecule has 0 aliphatic heterocycles. The lowest BCUT2D eigenvalue weighted by Crippen LogP contribution is -2.44. The van der Waals surface area contributed by atoms with E-state index in [0.29, 0.717) is 32.7 Å². The fourth-order valence-electron chi connectivity index (χ4n) is 3.60. The van der Waals surface area contributed by atoms with E-state index in [1.54, 1.807) is 23.3 Å². The van der Waals surface area contributed by atoms with Crippen LogP contribution in [0.15, 0.2) is 66.0 Å². The van der Waals surface area contributed by atoms with Gasteiger partial charge in [-0.2, -0.15) is 0 Å². The highest BCUT2D eigenvalue weighted by Crippen LogP contribution is 2.20. The van der Waals surface area contributed by atoms with Gasteiger partial charge in [0, 0.05) is 37.4 Å². The third-order valence-electron chi connectivity index (χ3n) is 5.65. The Hall–Kier alpha value is -3.16. The molecule has 0 aliphatic carbocycles. The molecule has 0 atom stereocenters. The Kier molecular flexibility index (Phi) is 9.67. The fourth-order valence-corrected chi connectivity index (χ4v) is 4.52. The SMILES string of the molecule is COCCCN(CC(=O)N(Cc1ccccc1)Cc1sccc1C)C(=O)Nc1ccccc1C. The number of urea groups is 1. The molecule has 0 fully saturated rings. The lowest BCUT2D eigenvalue weighted by Gasteiger charge is -2.28. The van der Waals surface area contributed by atoms with E-state index in [4.69, 9.17) is 4.74 Å². The summed E-state index contributed by atoms with van der Waals surface area (Å²) in [7, 11) is 1.63. The first-order valence-corrected chi connectivity index (χ1v) is 12.3. The minimum absolute atomic E-state index is 0.00130. The van der Waals surface area contributed by atoms with Crippen molar-refractivity contribution >= 4 is 29.0 Å². The summed E-state index contributed by atoms with van der Waals surface area (Å²) >= 11 is 1.65. The maximum atomic E-state index is 13.5.